The van der Waals surface area contributed by atoms with Gasteiger partial charge in [0.1, 0.15) is 23.0 Å². The van der Waals surface area contributed by atoms with Crippen molar-refractivity contribution < 1.29 is 43.5 Å². The first-order valence-electron chi connectivity index (χ1n) is 18.2. The molecule has 5 aromatic carbocycles. The molecular formula is C44H47N2O8+. The lowest BCUT2D eigenvalue weighted by molar-refractivity contribution is -0.536. The first kappa shape index (κ1) is 39.1. The Morgan fingerprint density at radius 3 is 1.81 bits per heavy atom. The molecule has 3 N–H and O–H groups in total. The van der Waals surface area contributed by atoms with Gasteiger partial charge in [-0.1, -0.05) is 38.1 Å². The lowest BCUT2D eigenvalue weighted by Gasteiger charge is -2.12. The van der Waals surface area contributed by atoms with Crippen molar-refractivity contribution in [2.75, 3.05) is 25.2 Å². The Morgan fingerprint density at radius 1 is 0.611 bits per heavy atom. The molecule has 0 saturated heterocycles. The smallest absolute Gasteiger partial charge is 0.343 e. The predicted molar refractivity (Wildman–Crippen MR) is 209 cm³/mol. The molecule has 0 radical (unpaired) electrons. The van der Waals surface area contributed by atoms with E-state index in [-0.39, 0.29) is 5.97 Å². The maximum absolute atomic E-state index is 13.1. The molecule has 0 fully saturated rings. The van der Waals surface area contributed by atoms with Crippen LogP contribution in [0.1, 0.15) is 73.1 Å². The quantitative estimate of drug-likeness (QED) is 0.0154. The molecule has 0 unspecified atom stereocenters. The summed E-state index contributed by atoms with van der Waals surface area (Å²) < 4.78 is 28.0. The van der Waals surface area contributed by atoms with Crippen LogP contribution in [0.25, 0.3) is 10.8 Å². The molecule has 0 heterocycles. The predicted octanol–water partition coefficient (Wildman–Crippen LogP) is 8.74. The van der Waals surface area contributed by atoms with Crippen LogP contribution in [0.3, 0.4) is 0 Å². The third kappa shape index (κ3) is 11.7. The molecule has 0 bridgehead atoms. The van der Waals surface area contributed by atoms with Crippen LogP contribution >= 0.6 is 0 Å². The van der Waals surface area contributed by atoms with Crippen LogP contribution in [0.15, 0.2) is 121 Å². The minimum absolute atomic E-state index is 0.353. The standard InChI is InChI=1S/C44H46N2O8/c1-4-5-28-50-36-22-24-37(25-23-36)53-43(48)32-14-18-34(19-15-32)45-46-40-26-27-41(39-13-9-8-12-38(39)40)54-44(49)33-16-20-35(21-17-33)51-29-10-6-7-11-30-52-42(47)31(2)3/h8-9,12-27,45-46H,2,4-7,10-11,28-30H2,1,3H3/p+1. The lowest BCUT2D eigenvalue weighted by atomic mass is 10.1. The van der Waals surface area contributed by atoms with Crippen LogP contribution in [0, 0.1) is 0 Å². The number of fused-ring (bicyclic) bond motifs is 1. The maximum atomic E-state index is 13.1. The van der Waals surface area contributed by atoms with Gasteiger partial charge in [0.05, 0.1) is 36.6 Å². The van der Waals surface area contributed by atoms with E-state index in [1.54, 1.807) is 73.7 Å². The Labute approximate surface area is 316 Å². The first-order chi connectivity index (χ1) is 26.3. The average Bonchev–Trinajstić information content (AvgIpc) is 3.19. The Balaban J connectivity index is 1.08. The van der Waals surface area contributed by atoms with Crippen molar-refractivity contribution in [3.63, 3.8) is 0 Å². The van der Waals surface area contributed by atoms with Crippen LogP contribution in [0.5, 0.6) is 23.0 Å². The van der Waals surface area contributed by atoms with E-state index in [0.717, 1.165) is 66.4 Å². The maximum Gasteiger partial charge on any atom is 0.343 e. The van der Waals surface area contributed by atoms with Crippen LogP contribution in [-0.4, -0.2) is 37.7 Å². The fraction of sp³-hybridized carbons (Fsp3) is 0.250. The van der Waals surface area contributed by atoms with Crippen LogP contribution in [0.4, 0.5) is 11.4 Å². The molecule has 5 aromatic rings. The number of nitrogen functional groups attached to an aromatic ring is 1. The fourth-order valence-corrected chi connectivity index (χ4v) is 5.36. The minimum atomic E-state index is -0.471. The second-order valence-electron chi connectivity index (χ2n) is 12.7. The number of esters is 3. The van der Waals surface area contributed by atoms with Gasteiger partial charge < -0.3 is 23.7 Å². The van der Waals surface area contributed by atoms with E-state index in [1.165, 1.54) is 0 Å². The lowest BCUT2D eigenvalue weighted by Crippen LogP contribution is -2.82. The highest BCUT2D eigenvalue weighted by Gasteiger charge is 2.15. The number of carbonyl (C=O) groups excluding carboxylic acids is 3. The van der Waals surface area contributed by atoms with E-state index < -0.39 is 11.9 Å². The van der Waals surface area contributed by atoms with Crippen molar-refractivity contribution in [2.45, 2.75) is 52.4 Å². The largest absolute Gasteiger partial charge is 0.494 e. The fourth-order valence-electron chi connectivity index (χ4n) is 5.36. The Hall–Kier alpha value is -6.13. The summed E-state index contributed by atoms with van der Waals surface area (Å²) in [5.74, 6) is 1.03. The van der Waals surface area contributed by atoms with E-state index in [4.69, 9.17) is 23.7 Å². The van der Waals surface area contributed by atoms with Gasteiger partial charge in [-0.2, -0.15) is 0 Å². The highest BCUT2D eigenvalue weighted by atomic mass is 16.5. The van der Waals surface area contributed by atoms with Gasteiger partial charge in [0, 0.05) is 22.4 Å². The van der Waals surface area contributed by atoms with E-state index >= 15 is 0 Å². The Bertz CT molecular complexity index is 2010. The number of benzene rings is 5. The number of rotatable bonds is 20. The number of nitrogens with one attached hydrogen (secondary N) is 1. The van der Waals surface area contributed by atoms with Gasteiger partial charge in [0.2, 0.25) is 0 Å². The second kappa shape index (κ2) is 20.2. The normalized spacial score (nSPS) is 10.7. The molecule has 10 nitrogen and oxygen atoms in total. The molecule has 0 aliphatic carbocycles. The van der Waals surface area contributed by atoms with Crippen LogP contribution in [-0.2, 0) is 9.53 Å². The number of quaternary nitrogens is 1. The van der Waals surface area contributed by atoms with Crippen molar-refractivity contribution in [2.24, 2.45) is 0 Å². The highest BCUT2D eigenvalue weighted by Crippen LogP contribution is 2.30. The molecule has 0 aliphatic heterocycles. The molecule has 280 valence electrons. The number of nitrogens with two attached hydrogens (primary N) is 1. The number of ether oxygens (including phenoxy) is 5. The Kier molecular flexibility index (Phi) is 14.6. The molecule has 0 amide bonds. The summed E-state index contributed by atoms with van der Waals surface area (Å²) >= 11 is 0. The number of hydrogen-bond donors (Lipinski definition) is 2. The zero-order valence-corrected chi connectivity index (χ0v) is 30.8. The highest BCUT2D eigenvalue weighted by molar-refractivity contribution is 5.99. The van der Waals surface area contributed by atoms with Gasteiger partial charge in [-0.25, -0.2) is 25.2 Å². The van der Waals surface area contributed by atoms with Crippen molar-refractivity contribution in [1.82, 2.24) is 0 Å². The van der Waals surface area contributed by atoms with Crippen LogP contribution in [0.2, 0.25) is 0 Å². The topological polar surface area (TPSA) is 126 Å². The molecule has 0 aliphatic rings. The third-order valence-electron chi connectivity index (χ3n) is 8.42. The SMILES string of the molecule is C=C(C)C(=O)OCCCCCCOc1ccc(C(=O)Oc2ccc([NH2+]Nc3ccc(C(=O)Oc4ccc(OCCCC)cc4)cc3)c3ccccc23)cc1. The summed E-state index contributed by atoms with van der Waals surface area (Å²) in [5, 5.41) is 1.68. The molecule has 5 rings (SSSR count). The average molecular weight is 732 g/mol. The molecule has 0 saturated carbocycles. The molecule has 0 aromatic heterocycles. The van der Waals surface area contributed by atoms with E-state index in [9.17, 15) is 14.4 Å². The van der Waals surface area contributed by atoms with Crippen molar-refractivity contribution in [3.8, 4) is 23.0 Å². The molecule has 0 spiro atoms. The zero-order chi connectivity index (χ0) is 38.1. The summed E-state index contributed by atoms with van der Waals surface area (Å²) in [6.07, 6.45) is 5.59. The minimum Gasteiger partial charge on any atom is -0.494 e. The summed E-state index contributed by atoms with van der Waals surface area (Å²) in [6.45, 7) is 8.91. The Morgan fingerprint density at radius 2 is 1.17 bits per heavy atom. The molecular weight excluding hydrogens is 684 g/mol. The van der Waals surface area contributed by atoms with Gasteiger partial charge >= 0.3 is 17.9 Å². The van der Waals surface area contributed by atoms with Gasteiger partial charge in [-0.3, -0.25) is 0 Å². The van der Waals surface area contributed by atoms with E-state index in [1.807, 2.05) is 47.9 Å². The summed E-state index contributed by atoms with van der Waals surface area (Å²) in [5.41, 5.74) is 8.07. The zero-order valence-electron chi connectivity index (χ0n) is 30.8. The summed E-state index contributed by atoms with van der Waals surface area (Å²) in [7, 11) is 0. The molecule has 54 heavy (non-hydrogen) atoms. The number of hydrogen-bond acceptors (Lipinski definition) is 9. The van der Waals surface area contributed by atoms with Crippen molar-refractivity contribution >= 4 is 40.1 Å². The van der Waals surface area contributed by atoms with Gasteiger partial charge in [0.25, 0.3) is 0 Å². The van der Waals surface area contributed by atoms with Gasteiger partial charge in [-0.05, 0) is 124 Å². The van der Waals surface area contributed by atoms with Crippen molar-refractivity contribution in [3.05, 3.63) is 132 Å². The molecule has 10 heteroatoms. The monoisotopic (exact) mass is 731 g/mol. The van der Waals surface area contributed by atoms with Crippen molar-refractivity contribution in [1.29, 1.82) is 0 Å². The summed E-state index contributed by atoms with van der Waals surface area (Å²) in [4.78, 5) is 37.3. The number of anilines is 1. The third-order valence-corrected chi connectivity index (χ3v) is 8.42. The van der Waals surface area contributed by atoms with E-state index in [0.29, 0.717) is 53.8 Å². The second-order valence-corrected chi connectivity index (χ2v) is 12.7. The van der Waals surface area contributed by atoms with Crippen LogP contribution < -0.4 is 29.8 Å². The molecule has 0 atom stereocenters. The summed E-state index contributed by atoms with van der Waals surface area (Å²) in [6, 6.07) is 32.3. The van der Waals surface area contributed by atoms with Gasteiger partial charge in [-0.15, -0.1) is 0 Å². The number of carbonyl (C=O) groups is 3. The number of unbranched alkanes of at least 4 members (excludes halogenated alkanes) is 4. The first-order valence-corrected chi connectivity index (χ1v) is 18.2. The van der Waals surface area contributed by atoms with E-state index in [2.05, 4.69) is 18.9 Å². The van der Waals surface area contributed by atoms with Gasteiger partial charge in [0.15, 0.2) is 5.69 Å².